The summed E-state index contributed by atoms with van der Waals surface area (Å²) in [6.07, 6.45) is 0. The van der Waals surface area contributed by atoms with E-state index in [-0.39, 0.29) is 10.8 Å². The van der Waals surface area contributed by atoms with Gasteiger partial charge in [0.15, 0.2) is 0 Å². The highest BCUT2D eigenvalue weighted by Crippen LogP contribution is 2.24. The Morgan fingerprint density at radius 2 is 1.76 bits per heavy atom. The summed E-state index contributed by atoms with van der Waals surface area (Å²) in [5.41, 5.74) is 1.63. The first-order valence-electron chi connectivity index (χ1n) is 6.30. The van der Waals surface area contributed by atoms with E-state index in [4.69, 9.17) is 23.2 Å². The molecule has 0 radical (unpaired) electrons. The second-order valence-electron chi connectivity index (χ2n) is 4.63. The summed E-state index contributed by atoms with van der Waals surface area (Å²) >= 11 is 11.8. The van der Waals surface area contributed by atoms with Crippen molar-refractivity contribution in [3.05, 3.63) is 64.7 Å². The van der Waals surface area contributed by atoms with Gasteiger partial charge in [-0.2, -0.15) is 4.31 Å². The second-order valence-corrected chi connectivity index (χ2v) is 7.35. The SMILES string of the molecule is CN(Cc1ccccc1)S(=O)(=O)c1ccc(CCl)c(Cl)c1. The number of rotatable bonds is 5. The Morgan fingerprint density at radius 3 is 2.33 bits per heavy atom. The molecule has 0 amide bonds. The van der Waals surface area contributed by atoms with Gasteiger partial charge in [0.25, 0.3) is 0 Å². The predicted octanol–water partition coefficient (Wildman–Crippen LogP) is 3.90. The third-order valence-electron chi connectivity index (χ3n) is 3.12. The van der Waals surface area contributed by atoms with Gasteiger partial charge in [0.05, 0.1) is 4.90 Å². The lowest BCUT2D eigenvalue weighted by Crippen LogP contribution is -2.26. The first kappa shape index (κ1) is 16.3. The molecule has 0 unspecified atom stereocenters. The Hall–Kier alpha value is -1.07. The fourth-order valence-corrected chi connectivity index (χ4v) is 3.70. The van der Waals surface area contributed by atoms with Crippen LogP contribution in [0.3, 0.4) is 0 Å². The van der Waals surface area contributed by atoms with Gasteiger partial charge in [-0.3, -0.25) is 0 Å². The number of hydrogen-bond acceptors (Lipinski definition) is 2. The summed E-state index contributed by atoms with van der Waals surface area (Å²) in [5.74, 6) is 0.249. The molecule has 6 heteroatoms. The van der Waals surface area contributed by atoms with Crippen LogP contribution in [0.5, 0.6) is 0 Å². The highest BCUT2D eigenvalue weighted by molar-refractivity contribution is 7.89. The molecule has 2 aromatic carbocycles. The van der Waals surface area contributed by atoms with Crippen molar-refractivity contribution in [1.29, 1.82) is 0 Å². The third-order valence-corrected chi connectivity index (χ3v) is 5.56. The molecule has 0 aliphatic heterocycles. The average Bonchev–Trinajstić information content (AvgIpc) is 2.48. The normalized spacial score (nSPS) is 11.8. The van der Waals surface area contributed by atoms with Gasteiger partial charge in [-0.15, -0.1) is 11.6 Å². The highest BCUT2D eigenvalue weighted by Gasteiger charge is 2.21. The van der Waals surface area contributed by atoms with Crippen molar-refractivity contribution in [3.8, 4) is 0 Å². The highest BCUT2D eigenvalue weighted by atomic mass is 35.5. The van der Waals surface area contributed by atoms with Crippen LogP contribution in [-0.2, 0) is 22.4 Å². The molecule has 112 valence electrons. The Labute approximate surface area is 135 Å². The summed E-state index contributed by atoms with van der Waals surface area (Å²) in [7, 11) is -2.03. The molecule has 0 saturated heterocycles. The van der Waals surface area contributed by atoms with E-state index in [9.17, 15) is 8.42 Å². The van der Waals surface area contributed by atoms with Crippen LogP contribution < -0.4 is 0 Å². The zero-order valence-corrected chi connectivity index (χ0v) is 13.8. The molecule has 2 rings (SSSR count). The third kappa shape index (κ3) is 3.77. The molecule has 0 saturated carbocycles. The molecule has 21 heavy (non-hydrogen) atoms. The molecule has 3 nitrogen and oxygen atoms in total. The van der Waals surface area contributed by atoms with Gasteiger partial charge in [-0.25, -0.2) is 8.42 Å². The van der Waals surface area contributed by atoms with Crippen molar-refractivity contribution in [2.45, 2.75) is 17.3 Å². The standard InChI is InChI=1S/C15H15Cl2NO2S/c1-18(11-12-5-3-2-4-6-12)21(19,20)14-8-7-13(10-16)15(17)9-14/h2-9H,10-11H2,1H3. The van der Waals surface area contributed by atoms with E-state index < -0.39 is 10.0 Å². The zero-order chi connectivity index (χ0) is 15.5. The lowest BCUT2D eigenvalue weighted by molar-refractivity contribution is 0.466. The van der Waals surface area contributed by atoms with Gasteiger partial charge in [0.1, 0.15) is 0 Å². The summed E-state index contributed by atoms with van der Waals surface area (Å²) in [6, 6.07) is 14.0. The van der Waals surface area contributed by atoms with E-state index in [0.29, 0.717) is 17.1 Å². The fraction of sp³-hybridized carbons (Fsp3) is 0.200. The first-order chi connectivity index (χ1) is 9.95. The minimum Gasteiger partial charge on any atom is -0.207 e. The molecule has 0 aliphatic rings. The lowest BCUT2D eigenvalue weighted by Gasteiger charge is -2.17. The second kappa shape index (κ2) is 6.79. The molecule has 0 atom stereocenters. The van der Waals surface area contributed by atoms with Crippen molar-refractivity contribution >= 4 is 33.2 Å². The van der Waals surface area contributed by atoms with Crippen LogP contribution in [0.2, 0.25) is 5.02 Å². The maximum Gasteiger partial charge on any atom is 0.243 e. The number of benzene rings is 2. The van der Waals surface area contributed by atoms with Gasteiger partial charge in [0, 0.05) is 24.5 Å². The van der Waals surface area contributed by atoms with Crippen LogP contribution in [0.4, 0.5) is 0 Å². The molecule has 0 heterocycles. The first-order valence-corrected chi connectivity index (χ1v) is 8.65. The van der Waals surface area contributed by atoms with Crippen molar-refractivity contribution in [2.75, 3.05) is 7.05 Å². The maximum atomic E-state index is 12.5. The van der Waals surface area contributed by atoms with E-state index in [1.54, 1.807) is 13.1 Å². The Balaban J connectivity index is 2.27. The lowest BCUT2D eigenvalue weighted by atomic mass is 10.2. The minimum atomic E-state index is -3.58. The Bertz CT molecular complexity index is 718. The molecule has 0 spiro atoms. The Kier molecular flexibility index (Phi) is 5.27. The number of alkyl halides is 1. The number of nitrogens with zero attached hydrogens (tertiary/aromatic N) is 1. The summed E-state index contributed by atoms with van der Waals surface area (Å²) in [6.45, 7) is 0.304. The van der Waals surface area contributed by atoms with Crippen LogP contribution in [-0.4, -0.2) is 19.8 Å². The van der Waals surface area contributed by atoms with E-state index in [1.165, 1.54) is 16.4 Å². The van der Waals surface area contributed by atoms with Crippen molar-refractivity contribution in [3.63, 3.8) is 0 Å². The Morgan fingerprint density at radius 1 is 1.10 bits per heavy atom. The monoisotopic (exact) mass is 343 g/mol. The number of sulfonamides is 1. The predicted molar refractivity (Wildman–Crippen MR) is 86.1 cm³/mol. The smallest absolute Gasteiger partial charge is 0.207 e. The van der Waals surface area contributed by atoms with Gasteiger partial charge >= 0.3 is 0 Å². The van der Waals surface area contributed by atoms with Crippen molar-refractivity contribution < 1.29 is 8.42 Å². The molecule has 2 aromatic rings. The quantitative estimate of drug-likeness (QED) is 0.772. The van der Waals surface area contributed by atoms with Crippen LogP contribution in [0.15, 0.2) is 53.4 Å². The van der Waals surface area contributed by atoms with Gasteiger partial charge < -0.3 is 0 Å². The van der Waals surface area contributed by atoms with Crippen LogP contribution in [0, 0.1) is 0 Å². The van der Waals surface area contributed by atoms with Crippen molar-refractivity contribution in [2.24, 2.45) is 0 Å². The zero-order valence-electron chi connectivity index (χ0n) is 11.5. The van der Waals surface area contributed by atoms with Crippen LogP contribution >= 0.6 is 23.2 Å². The van der Waals surface area contributed by atoms with E-state index in [1.807, 2.05) is 30.3 Å². The van der Waals surface area contributed by atoms with E-state index in [0.717, 1.165) is 5.56 Å². The minimum absolute atomic E-state index is 0.166. The van der Waals surface area contributed by atoms with E-state index in [2.05, 4.69) is 0 Å². The molecule has 0 aliphatic carbocycles. The van der Waals surface area contributed by atoms with Crippen LogP contribution in [0.1, 0.15) is 11.1 Å². The molecular weight excluding hydrogens is 329 g/mol. The van der Waals surface area contributed by atoms with E-state index >= 15 is 0 Å². The maximum absolute atomic E-state index is 12.5. The van der Waals surface area contributed by atoms with Gasteiger partial charge in [-0.05, 0) is 23.3 Å². The summed E-state index contributed by atoms with van der Waals surface area (Å²) in [5, 5.41) is 0.360. The largest absolute Gasteiger partial charge is 0.243 e. The molecule has 0 bridgehead atoms. The fourth-order valence-electron chi connectivity index (χ4n) is 1.90. The van der Waals surface area contributed by atoms with Gasteiger partial charge in [0.2, 0.25) is 10.0 Å². The van der Waals surface area contributed by atoms with Crippen LogP contribution in [0.25, 0.3) is 0 Å². The number of halogens is 2. The van der Waals surface area contributed by atoms with Gasteiger partial charge in [-0.1, -0.05) is 48.0 Å². The molecule has 0 N–H and O–H groups in total. The number of hydrogen-bond donors (Lipinski definition) is 0. The summed E-state index contributed by atoms with van der Waals surface area (Å²) < 4.78 is 26.3. The molecule has 0 aromatic heterocycles. The van der Waals surface area contributed by atoms with Crippen molar-refractivity contribution in [1.82, 2.24) is 4.31 Å². The topological polar surface area (TPSA) is 37.4 Å². The molecular formula is C15H15Cl2NO2S. The average molecular weight is 344 g/mol. The molecule has 0 fully saturated rings. The summed E-state index contributed by atoms with van der Waals surface area (Å²) in [4.78, 5) is 0.166.